The van der Waals surface area contributed by atoms with E-state index in [1.54, 1.807) is 19.3 Å². The van der Waals surface area contributed by atoms with Crippen LogP contribution in [0.15, 0.2) is 47.4 Å². The summed E-state index contributed by atoms with van der Waals surface area (Å²) in [4.78, 5) is 45.1. The van der Waals surface area contributed by atoms with E-state index < -0.39 is 11.9 Å². The van der Waals surface area contributed by atoms with Crippen molar-refractivity contribution in [3.63, 3.8) is 0 Å². The molecule has 33 heavy (non-hydrogen) atoms. The lowest BCUT2D eigenvalue weighted by Gasteiger charge is -2.41. The summed E-state index contributed by atoms with van der Waals surface area (Å²) in [5, 5.41) is 25.4. The number of nitrogens with zero attached hydrogens (tertiary/aromatic N) is 2. The van der Waals surface area contributed by atoms with Crippen molar-refractivity contribution in [3.05, 3.63) is 69.6 Å². The van der Waals surface area contributed by atoms with Gasteiger partial charge in [-0.05, 0) is 49.5 Å². The minimum atomic E-state index is -1.82. The van der Waals surface area contributed by atoms with Crippen LogP contribution in [0, 0.1) is 5.92 Å². The Morgan fingerprint density at radius 1 is 0.939 bits per heavy atom. The third kappa shape index (κ3) is 5.94. The van der Waals surface area contributed by atoms with E-state index in [2.05, 4.69) is 23.1 Å². The van der Waals surface area contributed by atoms with Gasteiger partial charge in [-0.3, -0.25) is 14.5 Å². The molecule has 4 rings (SSSR count). The van der Waals surface area contributed by atoms with E-state index >= 15 is 0 Å². The number of aromatic nitrogens is 1. The Morgan fingerprint density at radius 2 is 1.52 bits per heavy atom. The highest BCUT2D eigenvalue weighted by atomic mass is 16.4. The molecule has 1 fully saturated rings. The molecule has 0 bridgehead atoms. The van der Waals surface area contributed by atoms with Crippen molar-refractivity contribution in [1.82, 2.24) is 9.47 Å². The molecule has 9 heteroatoms. The lowest BCUT2D eigenvalue weighted by atomic mass is 9.83. The maximum Gasteiger partial charge on any atom is 0.414 e. The van der Waals surface area contributed by atoms with Crippen LogP contribution in [0.2, 0.25) is 0 Å². The number of carboxylic acids is 2. The number of ketones is 1. The van der Waals surface area contributed by atoms with Crippen LogP contribution in [0.4, 0.5) is 0 Å². The van der Waals surface area contributed by atoms with Crippen molar-refractivity contribution in [2.45, 2.75) is 37.8 Å². The van der Waals surface area contributed by atoms with Gasteiger partial charge in [-0.15, -0.1) is 0 Å². The molecule has 1 aliphatic carbocycles. The standard InChI is InChI=1S/C22H26N2O3.C2H2O4/c1-23-9-6-18(14-21(23)26)22(27)15-7-10-24(11-8-15)19-12-16-4-2-3-5-17(16)13-20(19)25;3-1(4)2(5)6/h2-6,9,14-15,19-20,25H,7-8,10-13H2,1H3;(H,3,4)(H,5,6). The van der Waals surface area contributed by atoms with Gasteiger partial charge in [0.2, 0.25) is 0 Å². The molecule has 1 aliphatic heterocycles. The number of aliphatic hydroxyl groups is 1. The normalized spacial score (nSPS) is 20.8. The van der Waals surface area contributed by atoms with Crippen LogP contribution in [-0.4, -0.2) is 67.7 Å². The fourth-order valence-corrected chi connectivity index (χ4v) is 4.48. The highest BCUT2D eigenvalue weighted by molar-refractivity contribution is 6.27. The van der Waals surface area contributed by atoms with Crippen LogP contribution in [0.5, 0.6) is 0 Å². The molecule has 0 radical (unpaired) electrons. The van der Waals surface area contributed by atoms with Gasteiger partial charge >= 0.3 is 11.9 Å². The monoisotopic (exact) mass is 456 g/mol. The second-order valence-electron chi connectivity index (χ2n) is 8.46. The van der Waals surface area contributed by atoms with Gasteiger partial charge in [-0.2, -0.15) is 0 Å². The minimum Gasteiger partial charge on any atom is -0.473 e. The number of pyridine rings is 1. The molecule has 0 amide bonds. The first-order chi connectivity index (χ1) is 15.7. The van der Waals surface area contributed by atoms with E-state index in [0.717, 1.165) is 32.4 Å². The third-order valence-corrected chi connectivity index (χ3v) is 6.36. The molecule has 2 heterocycles. The number of aliphatic carboxylic acids is 2. The van der Waals surface area contributed by atoms with Gasteiger partial charge < -0.3 is 19.9 Å². The molecule has 1 aromatic heterocycles. The molecule has 2 aliphatic rings. The second-order valence-corrected chi connectivity index (χ2v) is 8.46. The summed E-state index contributed by atoms with van der Waals surface area (Å²) in [5.74, 6) is -3.62. The summed E-state index contributed by atoms with van der Waals surface area (Å²) < 4.78 is 1.47. The number of carbonyl (C=O) groups excluding carboxylic acids is 1. The van der Waals surface area contributed by atoms with Crippen molar-refractivity contribution in [2.24, 2.45) is 13.0 Å². The van der Waals surface area contributed by atoms with Crippen molar-refractivity contribution in [1.29, 1.82) is 0 Å². The summed E-state index contributed by atoms with van der Waals surface area (Å²) in [6, 6.07) is 11.6. The molecular weight excluding hydrogens is 428 g/mol. The quantitative estimate of drug-likeness (QED) is 0.459. The number of likely N-dealkylation sites (tertiary alicyclic amines) is 1. The molecule has 2 atom stereocenters. The fourth-order valence-electron chi connectivity index (χ4n) is 4.48. The number of carbonyl (C=O) groups is 3. The summed E-state index contributed by atoms with van der Waals surface area (Å²) in [6.45, 7) is 1.62. The van der Waals surface area contributed by atoms with Crippen molar-refractivity contribution in [3.8, 4) is 0 Å². The summed E-state index contributed by atoms with van der Waals surface area (Å²) in [5.41, 5.74) is 2.94. The maximum atomic E-state index is 12.8. The Labute approximate surface area is 190 Å². The summed E-state index contributed by atoms with van der Waals surface area (Å²) in [6.07, 6.45) is 4.42. The van der Waals surface area contributed by atoms with Crippen LogP contribution in [0.25, 0.3) is 0 Å². The van der Waals surface area contributed by atoms with Gasteiger partial charge in [0.05, 0.1) is 6.10 Å². The van der Waals surface area contributed by atoms with Crippen molar-refractivity contribution < 1.29 is 29.7 Å². The number of aryl methyl sites for hydroxylation is 1. The molecule has 9 nitrogen and oxygen atoms in total. The number of rotatable bonds is 3. The van der Waals surface area contributed by atoms with Gasteiger partial charge in [0.15, 0.2) is 5.78 Å². The molecule has 3 N–H and O–H groups in total. The Hall–Kier alpha value is -3.30. The number of hydrogen-bond donors (Lipinski definition) is 3. The number of piperidine rings is 1. The van der Waals surface area contributed by atoms with Crippen LogP contribution < -0.4 is 5.56 Å². The molecular formula is C24H28N2O7. The van der Waals surface area contributed by atoms with E-state index in [1.165, 1.54) is 21.8 Å². The first-order valence-corrected chi connectivity index (χ1v) is 10.8. The van der Waals surface area contributed by atoms with E-state index in [1.807, 2.05) is 6.07 Å². The number of benzene rings is 1. The van der Waals surface area contributed by atoms with E-state index in [9.17, 15) is 14.7 Å². The smallest absolute Gasteiger partial charge is 0.414 e. The Bertz CT molecular complexity index is 1070. The van der Waals surface area contributed by atoms with Crippen LogP contribution in [0.3, 0.4) is 0 Å². The highest BCUT2D eigenvalue weighted by Gasteiger charge is 2.35. The highest BCUT2D eigenvalue weighted by Crippen LogP contribution is 2.29. The zero-order chi connectivity index (χ0) is 24.1. The second kappa shape index (κ2) is 10.5. The van der Waals surface area contributed by atoms with E-state index in [0.29, 0.717) is 12.0 Å². The average Bonchev–Trinajstić information content (AvgIpc) is 2.80. The molecule has 176 valence electrons. The molecule has 0 spiro atoms. The zero-order valence-corrected chi connectivity index (χ0v) is 18.4. The van der Waals surface area contributed by atoms with Crippen LogP contribution >= 0.6 is 0 Å². The largest absolute Gasteiger partial charge is 0.473 e. The molecule has 2 aromatic rings. The lowest BCUT2D eigenvalue weighted by molar-refractivity contribution is -0.159. The molecule has 2 unspecified atom stereocenters. The van der Waals surface area contributed by atoms with Crippen LogP contribution in [-0.2, 0) is 29.5 Å². The van der Waals surface area contributed by atoms with Gasteiger partial charge in [0.25, 0.3) is 5.56 Å². The number of hydrogen-bond acceptors (Lipinski definition) is 6. The van der Waals surface area contributed by atoms with Crippen molar-refractivity contribution >= 4 is 17.7 Å². The molecule has 1 aromatic carbocycles. The summed E-state index contributed by atoms with van der Waals surface area (Å²) in [7, 11) is 1.68. The number of fused-ring (bicyclic) bond motifs is 1. The zero-order valence-electron chi connectivity index (χ0n) is 18.4. The Kier molecular flexibility index (Phi) is 7.78. The van der Waals surface area contributed by atoms with Gasteiger partial charge in [0, 0.05) is 43.3 Å². The average molecular weight is 456 g/mol. The van der Waals surface area contributed by atoms with Crippen molar-refractivity contribution in [2.75, 3.05) is 13.1 Å². The fraction of sp³-hybridized carbons (Fsp3) is 0.417. The molecule has 0 saturated carbocycles. The van der Waals surface area contributed by atoms with Gasteiger partial charge in [0.1, 0.15) is 0 Å². The third-order valence-electron chi connectivity index (χ3n) is 6.36. The first kappa shape index (κ1) is 24.3. The number of aliphatic hydroxyl groups excluding tert-OH is 1. The number of Topliss-reactive ketones (excluding diaryl/α,β-unsaturated/α-hetero) is 1. The number of carboxylic acid groups (broad SMARTS) is 2. The first-order valence-electron chi connectivity index (χ1n) is 10.8. The van der Waals surface area contributed by atoms with Crippen LogP contribution in [0.1, 0.15) is 34.3 Å². The summed E-state index contributed by atoms with van der Waals surface area (Å²) >= 11 is 0. The molecule has 1 saturated heterocycles. The van der Waals surface area contributed by atoms with E-state index in [4.69, 9.17) is 19.8 Å². The topological polar surface area (TPSA) is 137 Å². The van der Waals surface area contributed by atoms with E-state index in [-0.39, 0.29) is 29.4 Å². The minimum absolute atomic E-state index is 0.0404. The SMILES string of the molecule is Cn1ccc(C(=O)C2CCN(C3Cc4ccccc4CC3O)CC2)cc1=O.O=C(O)C(=O)O. The van der Waals surface area contributed by atoms with Gasteiger partial charge in [-0.25, -0.2) is 9.59 Å². The predicted octanol–water partition coefficient (Wildman–Crippen LogP) is 0.964. The maximum absolute atomic E-state index is 12.8. The Morgan fingerprint density at radius 3 is 2.06 bits per heavy atom. The predicted molar refractivity (Wildman–Crippen MR) is 119 cm³/mol. The van der Waals surface area contributed by atoms with Gasteiger partial charge in [-0.1, -0.05) is 24.3 Å². The Balaban J connectivity index is 0.000000454. The lowest BCUT2D eigenvalue weighted by Crippen LogP contribution is -2.51.